The van der Waals surface area contributed by atoms with Crippen LogP contribution in [0.15, 0.2) is 18.2 Å². The number of rotatable bonds is 1. The second-order valence-corrected chi connectivity index (χ2v) is 3.75. The van der Waals surface area contributed by atoms with Gasteiger partial charge in [0, 0.05) is 17.3 Å². The van der Waals surface area contributed by atoms with E-state index in [9.17, 15) is 5.11 Å². The van der Waals surface area contributed by atoms with E-state index >= 15 is 0 Å². The molecule has 0 aliphatic carbocycles. The van der Waals surface area contributed by atoms with Gasteiger partial charge in [0.25, 0.3) is 0 Å². The van der Waals surface area contributed by atoms with Crippen LogP contribution < -0.4 is 10.1 Å². The van der Waals surface area contributed by atoms with E-state index in [2.05, 4.69) is 12.2 Å². The van der Waals surface area contributed by atoms with Crippen molar-refractivity contribution in [2.45, 2.75) is 25.5 Å². The van der Waals surface area contributed by atoms with Gasteiger partial charge in [-0.1, -0.05) is 0 Å². The molecular formula is C11H15NO2. The van der Waals surface area contributed by atoms with Crippen molar-refractivity contribution in [3.05, 3.63) is 23.8 Å². The number of anilines is 1. The molecule has 0 amide bonds. The molecule has 3 nitrogen and oxygen atoms in total. The molecule has 0 bridgehead atoms. The quantitative estimate of drug-likeness (QED) is 0.716. The molecule has 2 N–H and O–H groups in total. The van der Waals surface area contributed by atoms with Crippen LogP contribution in [0.4, 0.5) is 5.69 Å². The number of hydrogen-bond donors (Lipinski definition) is 2. The van der Waals surface area contributed by atoms with Gasteiger partial charge in [-0.25, -0.2) is 0 Å². The fourth-order valence-electron chi connectivity index (χ4n) is 1.86. The summed E-state index contributed by atoms with van der Waals surface area (Å²) >= 11 is 0. The van der Waals surface area contributed by atoms with Gasteiger partial charge in [-0.15, -0.1) is 0 Å². The molecule has 0 fully saturated rings. The number of fused-ring (bicyclic) bond motifs is 1. The van der Waals surface area contributed by atoms with Gasteiger partial charge in [0.2, 0.25) is 0 Å². The highest BCUT2D eigenvalue weighted by molar-refractivity contribution is 5.57. The van der Waals surface area contributed by atoms with Crippen LogP contribution >= 0.6 is 0 Å². The number of ether oxygens (including phenoxy) is 1. The Bertz CT molecular complexity index is 338. The first-order valence-electron chi connectivity index (χ1n) is 4.83. The van der Waals surface area contributed by atoms with E-state index in [1.165, 1.54) is 0 Å². The molecule has 76 valence electrons. The zero-order chi connectivity index (χ0) is 10.1. The van der Waals surface area contributed by atoms with Crippen molar-refractivity contribution in [3.63, 3.8) is 0 Å². The Morgan fingerprint density at radius 3 is 3.00 bits per heavy atom. The topological polar surface area (TPSA) is 41.5 Å². The number of aliphatic hydroxyl groups excluding tert-OH is 1. The zero-order valence-electron chi connectivity index (χ0n) is 8.45. The van der Waals surface area contributed by atoms with Crippen molar-refractivity contribution in [2.24, 2.45) is 0 Å². The predicted molar refractivity (Wildman–Crippen MR) is 55.7 cm³/mol. The first-order chi connectivity index (χ1) is 6.70. The maximum atomic E-state index is 9.86. The molecule has 1 aliphatic heterocycles. The van der Waals surface area contributed by atoms with Gasteiger partial charge in [0.05, 0.1) is 13.2 Å². The van der Waals surface area contributed by atoms with E-state index in [4.69, 9.17) is 4.74 Å². The maximum Gasteiger partial charge on any atom is 0.119 e. The number of hydrogen-bond acceptors (Lipinski definition) is 3. The van der Waals surface area contributed by atoms with E-state index in [1.54, 1.807) is 7.11 Å². The maximum absolute atomic E-state index is 9.86. The molecule has 3 heteroatoms. The lowest BCUT2D eigenvalue weighted by atomic mass is 9.96. The van der Waals surface area contributed by atoms with Crippen LogP contribution in [0, 0.1) is 0 Å². The Morgan fingerprint density at radius 2 is 2.29 bits per heavy atom. The molecule has 1 aliphatic rings. The van der Waals surface area contributed by atoms with Crippen molar-refractivity contribution >= 4 is 5.69 Å². The summed E-state index contributed by atoms with van der Waals surface area (Å²) in [5, 5.41) is 13.2. The summed E-state index contributed by atoms with van der Waals surface area (Å²) in [7, 11) is 1.63. The van der Waals surface area contributed by atoms with Crippen molar-refractivity contribution in [1.29, 1.82) is 0 Å². The van der Waals surface area contributed by atoms with Gasteiger partial charge in [-0.2, -0.15) is 0 Å². The Labute approximate surface area is 83.7 Å². The van der Waals surface area contributed by atoms with Crippen LogP contribution in [-0.4, -0.2) is 18.3 Å². The summed E-state index contributed by atoms with van der Waals surface area (Å²) in [5.74, 6) is 0.791. The summed E-state index contributed by atoms with van der Waals surface area (Å²) in [6, 6.07) is 6.06. The molecule has 14 heavy (non-hydrogen) atoms. The lowest BCUT2D eigenvalue weighted by molar-refractivity contribution is 0.158. The molecule has 1 heterocycles. The van der Waals surface area contributed by atoms with E-state index in [0.29, 0.717) is 6.04 Å². The summed E-state index contributed by atoms with van der Waals surface area (Å²) in [5.41, 5.74) is 1.94. The van der Waals surface area contributed by atoms with Gasteiger partial charge < -0.3 is 15.2 Å². The highest BCUT2D eigenvalue weighted by Gasteiger charge is 2.22. The number of methoxy groups -OCH3 is 1. The molecular weight excluding hydrogens is 178 g/mol. The largest absolute Gasteiger partial charge is 0.497 e. The zero-order valence-corrected chi connectivity index (χ0v) is 8.45. The fourth-order valence-corrected chi connectivity index (χ4v) is 1.86. The second kappa shape index (κ2) is 3.50. The lowest BCUT2D eigenvalue weighted by Crippen LogP contribution is -2.25. The Hall–Kier alpha value is -1.22. The third-order valence-electron chi connectivity index (χ3n) is 2.60. The molecule has 0 saturated heterocycles. The van der Waals surface area contributed by atoms with Gasteiger partial charge in [0.1, 0.15) is 5.75 Å². The Kier molecular flexibility index (Phi) is 2.33. The van der Waals surface area contributed by atoms with E-state index < -0.39 is 0 Å². The van der Waals surface area contributed by atoms with E-state index in [1.807, 2.05) is 18.2 Å². The van der Waals surface area contributed by atoms with Crippen molar-refractivity contribution < 1.29 is 9.84 Å². The lowest BCUT2D eigenvalue weighted by Gasteiger charge is -2.28. The molecule has 2 atom stereocenters. The van der Waals surface area contributed by atoms with Crippen molar-refractivity contribution in [1.82, 2.24) is 0 Å². The Morgan fingerprint density at radius 1 is 1.50 bits per heavy atom. The second-order valence-electron chi connectivity index (χ2n) is 3.75. The first kappa shape index (κ1) is 9.34. The van der Waals surface area contributed by atoms with Gasteiger partial charge in [0.15, 0.2) is 0 Å². The molecule has 0 spiro atoms. The van der Waals surface area contributed by atoms with Crippen LogP contribution in [0.3, 0.4) is 0 Å². The molecule has 1 aromatic carbocycles. The normalized spacial score (nSPS) is 25.1. The van der Waals surface area contributed by atoms with E-state index in [-0.39, 0.29) is 6.10 Å². The number of aliphatic hydroxyl groups is 1. The SMILES string of the molecule is COc1ccc2c(c1)C(O)CC(C)N2. The minimum Gasteiger partial charge on any atom is -0.497 e. The fraction of sp³-hybridized carbons (Fsp3) is 0.455. The van der Waals surface area contributed by atoms with Gasteiger partial charge in [-0.3, -0.25) is 0 Å². The molecule has 0 radical (unpaired) electrons. The van der Waals surface area contributed by atoms with Gasteiger partial charge >= 0.3 is 0 Å². The third kappa shape index (κ3) is 1.55. The highest BCUT2D eigenvalue weighted by atomic mass is 16.5. The average molecular weight is 193 g/mol. The molecule has 1 aromatic rings. The van der Waals surface area contributed by atoms with Crippen molar-refractivity contribution in [3.8, 4) is 5.75 Å². The summed E-state index contributed by atoms with van der Waals surface area (Å²) < 4.78 is 5.12. The molecule has 2 unspecified atom stereocenters. The average Bonchev–Trinajstić information content (AvgIpc) is 2.17. The monoisotopic (exact) mass is 193 g/mol. The number of nitrogens with one attached hydrogen (secondary N) is 1. The third-order valence-corrected chi connectivity index (χ3v) is 2.60. The van der Waals surface area contributed by atoms with Crippen LogP contribution in [-0.2, 0) is 0 Å². The van der Waals surface area contributed by atoms with Crippen LogP contribution in [0.2, 0.25) is 0 Å². The van der Waals surface area contributed by atoms with E-state index in [0.717, 1.165) is 23.4 Å². The highest BCUT2D eigenvalue weighted by Crippen LogP contribution is 2.34. The molecule has 0 saturated carbocycles. The smallest absolute Gasteiger partial charge is 0.119 e. The van der Waals surface area contributed by atoms with Crippen molar-refractivity contribution in [2.75, 3.05) is 12.4 Å². The molecule has 2 rings (SSSR count). The first-order valence-corrected chi connectivity index (χ1v) is 4.83. The Balaban J connectivity index is 2.39. The van der Waals surface area contributed by atoms with Crippen LogP contribution in [0.25, 0.3) is 0 Å². The molecule has 0 aromatic heterocycles. The minimum absolute atomic E-state index is 0.325. The van der Waals surface area contributed by atoms with Crippen LogP contribution in [0.1, 0.15) is 25.0 Å². The van der Waals surface area contributed by atoms with Gasteiger partial charge in [-0.05, 0) is 31.5 Å². The summed E-state index contributed by atoms with van der Waals surface area (Å²) in [4.78, 5) is 0. The number of benzene rings is 1. The summed E-state index contributed by atoms with van der Waals surface area (Å²) in [6.07, 6.45) is 0.372. The predicted octanol–water partition coefficient (Wildman–Crippen LogP) is 1.93. The minimum atomic E-state index is -0.378. The van der Waals surface area contributed by atoms with Crippen LogP contribution in [0.5, 0.6) is 5.75 Å². The standard InChI is InChI=1S/C11H15NO2/c1-7-5-11(13)9-6-8(14-2)3-4-10(9)12-7/h3-4,6-7,11-13H,5H2,1-2H3. The summed E-state index contributed by atoms with van der Waals surface area (Å²) in [6.45, 7) is 2.07.